The second kappa shape index (κ2) is 8.45. The van der Waals surface area contributed by atoms with Gasteiger partial charge >= 0.3 is 0 Å². The van der Waals surface area contributed by atoms with E-state index in [0.717, 1.165) is 54.9 Å². The standard InChI is InChI=1S/C24H31N3O3S/c1-2-31(28,29)27-11-7-18(8-12-27)23-15-25-24-6-5-19(14-22(23)24)20-13-21(30-17-20)16-26-9-3-4-10-26/h5-6,13-15,17-18,25H,2-4,7-12,16H2,1H3. The third-order valence-electron chi connectivity index (χ3n) is 6.93. The Balaban J connectivity index is 1.35. The Morgan fingerprint density at radius 3 is 2.58 bits per heavy atom. The van der Waals surface area contributed by atoms with Crippen LogP contribution in [0, 0.1) is 0 Å². The van der Waals surface area contributed by atoms with E-state index in [4.69, 9.17) is 4.42 Å². The first-order chi connectivity index (χ1) is 15.0. The Morgan fingerprint density at radius 1 is 1.06 bits per heavy atom. The molecule has 2 aliphatic heterocycles. The molecule has 0 aliphatic carbocycles. The zero-order valence-electron chi connectivity index (χ0n) is 18.1. The maximum Gasteiger partial charge on any atom is 0.213 e. The van der Waals surface area contributed by atoms with Gasteiger partial charge in [0.2, 0.25) is 10.0 Å². The molecule has 4 heterocycles. The molecule has 7 heteroatoms. The summed E-state index contributed by atoms with van der Waals surface area (Å²) in [7, 11) is -3.09. The van der Waals surface area contributed by atoms with Crippen molar-refractivity contribution in [2.24, 2.45) is 0 Å². The molecule has 3 aromatic rings. The lowest BCUT2D eigenvalue weighted by Gasteiger charge is -2.30. The zero-order valence-corrected chi connectivity index (χ0v) is 19.0. The van der Waals surface area contributed by atoms with Crippen molar-refractivity contribution < 1.29 is 12.8 Å². The first-order valence-electron chi connectivity index (χ1n) is 11.4. The smallest absolute Gasteiger partial charge is 0.213 e. The minimum atomic E-state index is -3.09. The number of fused-ring (bicyclic) bond motifs is 1. The summed E-state index contributed by atoms with van der Waals surface area (Å²) >= 11 is 0. The summed E-state index contributed by atoms with van der Waals surface area (Å²) < 4.78 is 31.9. The van der Waals surface area contributed by atoms with E-state index in [0.29, 0.717) is 19.0 Å². The predicted molar refractivity (Wildman–Crippen MR) is 124 cm³/mol. The average Bonchev–Trinajstić information content (AvgIpc) is 3.55. The number of sulfonamides is 1. The van der Waals surface area contributed by atoms with Crippen molar-refractivity contribution in [1.82, 2.24) is 14.2 Å². The first kappa shape index (κ1) is 20.8. The van der Waals surface area contributed by atoms with Gasteiger partial charge in [0.15, 0.2) is 0 Å². The Labute approximate surface area is 184 Å². The molecule has 0 radical (unpaired) electrons. The highest BCUT2D eigenvalue weighted by molar-refractivity contribution is 7.89. The molecule has 0 bridgehead atoms. The number of H-pyrrole nitrogens is 1. The summed E-state index contributed by atoms with van der Waals surface area (Å²) in [5.74, 6) is 1.58. The van der Waals surface area contributed by atoms with Crippen LogP contribution in [0.15, 0.2) is 41.1 Å². The van der Waals surface area contributed by atoms with E-state index in [2.05, 4.69) is 40.3 Å². The number of nitrogens with zero attached hydrogens (tertiary/aromatic N) is 2. The van der Waals surface area contributed by atoms with Crippen LogP contribution in [-0.2, 0) is 16.6 Å². The molecule has 2 fully saturated rings. The van der Waals surface area contributed by atoms with Crippen molar-refractivity contribution in [1.29, 1.82) is 0 Å². The summed E-state index contributed by atoms with van der Waals surface area (Å²) in [6.07, 6.45) is 8.27. The number of likely N-dealkylation sites (tertiary alicyclic amines) is 1. The van der Waals surface area contributed by atoms with Gasteiger partial charge in [-0.25, -0.2) is 12.7 Å². The average molecular weight is 442 g/mol. The topological polar surface area (TPSA) is 69.5 Å². The van der Waals surface area contributed by atoms with Crippen LogP contribution in [0.3, 0.4) is 0 Å². The van der Waals surface area contributed by atoms with Crippen molar-refractivity contribution in [2.75, 3.05) is 31.9 Å². The second-order valence-electron chi connectivity index (χ2n) is 8.86. The molecule has 2 aromatic heterocycles. The molecule has 6 nitrogen and oxygen atoms in total. The lowest BCUT2D eigenvalue weighted by atomic mass is 9.89. The molecule has 0 spiro atoms. The molecule has 2 saturated heterocycles. The normalized spacial score (nSPS) is 19.5. The highest BCUT2D eigenvalue weighted by Gasteiger charge is 2.28. The van der Waals surface area contributed by atoms with Crippen LogP contribution in [0.1, 0.15) is 49.8 Å². The van der Waals surface area contributed by atoms with E-state index in [1.165, 1.54) is 23.8 Å². The van der Waals surface area contributed by atoms with E-state index in [-0.39, 0.29) is 5.75 Å². The maximum atomic E-state index is 12.2. The van der Waals surface area contributed by atoms with E-state index in [1.807, 2.05) is 6.26 Å². The Morgan fingerprint density at radius 2 is 1.84 bits per heavy atom. The first-order valence-corrected chi connectivity index (χ1v) is 13.0. The van der Waals surface area contributed by atoms with Crippen molar-refractivity contribution in [3.8, 4) is 11.1 Å². The molecule has 1 N–H and O–H groups in total. The molecule has 1 aromatic carbocycles. The lowest BCUT2D eigenvalue weighted by molar-refractivity contribution is 0.297. The zero-order chi connectivity index (χ0) is 21.4. The number of hydrogen-bond donors (Lipinski definition) is 1. The van der Waals surface area contributed by atoms with Crippen LogP contribution < -0.4 is 0 Å². The Kier molecular flexibility index (Phi) is 5.67. The second-order valence-corrected chi connectivity index (χ2v) is 11.1. The molecule has 166 valence electrons. The maximum absolute atomic E-state index is 12.2. The third-order valence-corrected chi connectivity index (χ3v) is 8.81. The Hall–Kier alpha value is -2.09. The molecule has 0 unspecified atom stereocenters. The van der Waals surface area contributed by atoms with Crippen LogP contribution >= 0.6 is 0 Å². The monoisotopic (exact) mass is 441 g/mol. The van der Waals surface area contributed by atoms with Gasteiger partial charge in [0.25, 0.3) is 0 Å². The highest BCUT2D eigenvalue weighted by atomic mass is 32.2. The quantitative estimate of drug-likeness (QED) is 0.609. The molecule has 0 atom stereocenters. The van der Waals surface area contributed by atoms with Gasteiger partial charge in [-0.15, -0.1) is 0 Å². The van der Waals surface area contributed by atoms with Gasteiger partial charge < -0.3 is 9.40 Å². The van der Waals surface area contributed by atoms with E-state index in [1.54, 1.807) is 11.2 Å². The van der Waals surface area contributed by atoms with Crippen molar-refractivity contribution in [3.05, 3.63) is 48.0 Å². The van der Waals surface area contributed by atoms with Gasteiger partial charge in [0.1, 0.15) is 5.76 Å². The molecular formula is C24H31N3O3S. The fourth-order valence-electron chi connectivity index (χ4n) is 5.06. The van der Waals surface area contributed by atoms with Gasteiger partial charge in [-0.2, -0.15) is 0 Å². The SMILES string of the molecule is CCS(=O)(=O)N1CCC(c2c[nH]c3ccc(-c4coc(CN5CCCC5)c4)cc23)CC1. The number of hydrogen-bond acceptors (Lipinski definition) is 4. The van der Waals surface area contributed by atoms with Gasteiger partial charge in [-0.1, -0.05) is 6.07 Å². The largest absolute Gasteiger partial charge is 0.467 e. The summed E-state index contributed by atoms with van der Waals surface area (Å²) in [5.41, 5.74) is 4.71. The molecule has 31 heavy (non-hydrogen) atoms. The summed E-state index contributed by atoms with van der Waals surface area (Å²) in [4.78, 5) is 5.85. The van der Waals surface area contributed by atoms with E-state index < -0.39 is 10.0 Å². The number of rotatable bonds is 6. The molecule has 5 rings (SSSR count). The lowest BCUT2D eigenvalue weighted by Crippen LogP contribution is -2.38. The minimum Gasteiger partial charge on any atom is -0.467 e. The van der Waals surface area contributed by atoms with Crippen LogP contribution in [0.25, 0.3) is 22.0 Å². The molecular weight excluding hydrogens is 410 g/mol. The molecule has 2 aliphatic rings. The fourth-order valence-corrected chi connectivity index (χ4v) is 6.20. The van der Waals surface area contributed by atoms with E-state index in [9.17, 15) is 8.42 Å². The number of furan rings is 1. The molecule has 0 saturated carbocycles. The van der Waals surface area contributed by atoms with Crippen molar-refractivity contribution in [3.63, 3.8) is 0 Å². The van der Waals surface area contributed by atoms with Crippen LogP contribution in [0.5, 0.6) is 0 Å². The third kappa shape index (κ3) is 4.19. The summed E-state index contributed by atoms with van der Waals surface area (Å²) in [6, 6.07) is 8.70. The Bertz CT molecular complexity index is 1150. The number of benzene rings is 1. The van der Waals surface area contributed by atoms with Crippen molar-refractivity contribution in [2.45, 2.75) is 45.1 Å². The minimum absolute atomic E-state index is 0.179. The number of aromatic nitrogens is 1. The van der Waals surface area contributed by atoms with Crippen molar-refractivity contribution >= 4 is 20.9 Å². The fraction of sp³-hybridized carbons (Fsp3) is 0.500. The van der Waals surface area contributed by atoms with Gasteiger partial charge in [-0.3, -0.25) is 4.90 Å². The number of aromatic amines is 1. The van der Waals surface area contributed by atoms with Gasteiger partial charge in [-0.05, 0) is 80.9 Å². The summed E-state index contributed by atoms with van der Waals surface area (Å²) in [6.45, 7) is 6.13. The van der Waals surface area contributed by atoms with E-state index >= 15 is 0 Å². The molecule has 0 amide bonds. The van der Waals surface area contributed by atoms with Crippen LogP contribution in [0.4, 0.5) is 0 Å². The predicted octanol–water partition coefficient (Wildman–Crippen LogP) is 4.55. The van der Waals surface area contributed by atoms with Gasteiger partial charge in [0.05, 0.1) is 18.6 Å². The van der Waals surface area contributed by atoms with Gasteiger partial charge in [0, 0.05) is 35.8 Å². The van der Waals surface area contributed by atoms with Crippen LogP contribution in [0.2, 0.25) is 0 Å². The van der Waals surface area contributed by atoms with Crippen LogP contribution in [-0.4, -0.2) is 54.5 Å². The highest BCUT2D eigenvalue weighted by Crippen LogP contribution is 2.36. The number of piperidine rings is 1. The summed E-state index contributed by atoms with van der Waals surface area (Å²) in [5, 5.41) is 1.23. The number of nitrogens with one attached hydrogen (secondary N) is 1.